The number of hydrogen-bond acceptors (Lipinski definition) is 1. The minimum Gasteiger partial charge on any atom is -0.313 e. The Kier molecular flexibility index (Phi) is 5.53. The van der Waals surface area contributed by atoms with E-state index in [0.29, 0.717) is 0 Å². The molecule has 0 atom stereocenters. The third-order valence-electron chi connectivity index (χ3n) is 2.03. The van der Waals surface area contributed by atoms with Gasteiger partial charge in [0, 0.05) is 16.0 Å². The molecule has 0 unspecified atom stereocenters. The molecule has 0 radical (unpaired) electrons. The van der Waals surface area contributed by atoms with Crippen LogP contribution in [-0.4, -0.2) is 6.54 Å². The fourth-order valence-corrected chi connectivity index (χ4v) is 1.80. The molecule has 0 amide bonds. The maximum atomic E-state index is 6.05. The van der Waals surface area contributed by atoms with Crippen molar-refractivity contribution in [1.82, 2.24) is 5.32 Å². The van der Waals surface area contributed by atoms with Gasteiger partial charge in [-0.1, -0.05) is 40.9 Å². The van der Waals surface area contributed by atoms with Gasteiger partial charge in [-0.05, 0) is 36.7 Å². The van der Waals surface area contributed by atoms with E-state index in [2.05, 4.69) is 34.2 Å². The number of nitrogens with one attached hydrogen (secondary N) is 1. The van der Waals surface area contributed by atoms with E-state index in [1.807, 2.05) is 12.1 Å². The lowest BCUT2D eigenvalue weighted by Gasteiger charge is -2.06. The summed E-state index contributed by atoms with van der Waals surface area (Å²) in [6, 6.07) is 5.93. The molecule has 14 heavy (non-hydrogen) atoms. The highest BCUT2D eigenvalue weighted by Crippen LogP contribution is 2.20. The maximum Gasteiger partial charge on any atom is 0.0451 e. The molecule has 1 N–H and O–H groups in total. The van der Waals surface area contributed by atoms with Crippen LogP contribution in [0.5, 0.6) is 0 Å². The van der Waals surface area contributed by atoms with Crippen LogP contribution in [-0.2, 0) is 6.54 Å². The first kappa shape index (κ1) is 12.0. The second-order valence-corrected chi connectivity index (χ2v) is 4.59. The molecule has 1 rings (SSSR count). The Bertz CT molecular complexity index is 289. The summed E-state index contributed by atoms with van der Waals surface area (Å²) >= 11 is 9.48. The van der Waals surface area contributed by atoms with Gasteiger partial charge in [-0.15, -0.1) is 0 Å². The van der Waals surface area contributed by atoms with Crippen LogP contribution in [0.15, 0.2) is 22.7 Å². The second-order valence-electron chi connectivity index (χ2n) is 3.27. The van der Waals surface area contributed by atoms with Crippen molar-refractivity contribution in [2.24, 2.45) is 0 Å². The van der Waals surface area contributed by atoms with Crippen LogP contribution in [0.4, 0.5) is 0 Å². The van der Waals surface area contributed by atoms with Gasteiger partial charge in [0.05, 0.1) is 0 Å². The summed E-state index contributed by atoms with van der Waals surface area (Å²) in [5.74, 6) is 0. The van der Waals surface area contributed by atoms with Crippen LogP contribution in [0.25, 0.3) is 0 Å². The zero-order valence-corrected chi connectivity index (χ0v) is 10.7. The summed E-state index contributed by atoms with van der Waals surface area (Å²) < 4.78 is 1.08. The van der Waals surface area contributed by atoms with Crippen LogP contribution in [0.2, 0.25) is 5.02 Å². The van der Waals surface area contributed by atoms with Gasteiger partial charge in [0.25, 0.3) is 0 Å². The summed E-state index contributed by atoms with van der Waals surface area (Å²) in [4.78, 5) is 0. The van der Waals surface area contributed by atoms with Crippen molar-refractivity contribution < 1.29 is 0 Å². The predicted molar refractivity (Wildman–Crippen MR) is 65.8 cm³/mol. The van der Waals surface area contributed by atoms with Crippen LogP contribution in [0, 0.1) is 0 Å². The van der Waals surface area contributed by atoms with Gasteiger partial charge in [-0.25, -0.2) is 0 Å². The zero-order chi connectivity index (χ0) is 10.4. The molecule has 0 aromatic heterocycles. The van der Waals surface area contributed by atoms with Crippen molar-refractivity contribution in [3.63, 3.8) is 0 Å². The van der Waals surface area contributed by atoms with Gasteiger partial charge in [-0.2, -0.15) is 0 Å². The number of unbranched alkanes of at least 4 members (excludes halogenated alkanes) is 1. The minimum absolute atomic E-state index is 0.831. The lowest BCUT2D eigenvalue weighted by Crippen LogP contribution is -2.14. The second kappa shape index (κ2) is 6.44. The van der Waals surface area contributed by atoms with E-state index in [1.54, 1.807) is 0 Å². The van der Waals surface area contributed by atoms with E-state index in [-0.39, 0.29) is 0 Å². The van der Waals surface area contributed by atoms with E-state index in [9.17, 15) is 0 Å². The molecule has 0 aliphatic rings. The van der Waals surface area contributed by atoms with Crippen molar-refractivity contribution in [1.29, 1.82) is 0 Å². The average Bonchev–Trinajstić information content (AvgIpc) is 2.18. The van der Waals surface area contributed by atoms with E-state index in [1.165, 1.54) is 12.8 Å². The summed E-state index contributed by atoms with van der Waals surface area (Å²) in [6.45, 7) is 4.09. The third-order valence-corrected chi connectivity index (χ3v) is 2.89. The van der Waals surface area contributed by atoms with Crippen LogP contribution in [0.1, 0.15) is 25.3 Å². The Morgan fingerprint density at radius 2 is 2.21 bits per heavy atom. The lowest BCUT2D eigenvalue weighted by atomic mass is 10.2. The molecule has 0 saturated heterocycles. The molecule has 0 aliphatic carbocycles. The topological polar surface area (TPSA) is 12.0 Å². The van der Waals surface area contributed by atoms with E-state index >= 15 is 0 Å². The first-order chi connectivity index (χ1) is 6.74. The summed E-state index contributed by atoms with van der Waals surface area (Å²) in [7, 11) is 0. The first-order valence-corrected chi connectivity index (χ1v) is 6.05. The van der Waals surface area contributed by atoms with Crippen molar-refractivity contribution in [3.05, 3.63) is 33.3 Å². The SMILES string of the molecule is CCCCNCc1cc(Br)ccc1Cl. The molecule has 1 aromatic carbocycles. The van der Waals surface area contributed by atoms with Crippen molar-refractivity contribution in [2.75, 3.05) is 6.54 Å². The van der Waals surface area contributed by atoms with Crippen molar-refractivity contribution in [3.8, 4) is 0 Å². The minimum atomic E-state index is 0.831. The Hall–Kier alpha value is -0.0500. The number of rotatable bonds is 5. The molecule has 78 valence electrons. The van der Waals surface area contributed by atoms with Gasteiger partial charge >= 0.3 is 0 Å². The molecule has 0 bridgehead atoms. The summed E-state index contributed by atoms with van der Waals surface area (Å²) in [6.07, 6.45) is 2.44. The molecule has 0 spiro atoms. The highest BCUT2D eigenvalue weighted by Gasteiger charge is 1.99. The molecular weight excluding hydrogens is 261 g/mol. The largest absolute Gasteiger partial charge is 0.313 e. The molecule has 1 nitrogen and oxygen atoms in total. The van der Waals surface area contributed by atoms with Gasteiger partial charge in [-0.3, -0.25) is 0 Å². The third kappa shape index (κ3) is 3.99. The summed E-state index contributed by atoms with van der Waals surface area (Å²) in [5.41, 5.74) is 1.15. The number of benzene rings is 1. The zero-order valence-electron chi connectivity index (χ0n) is 8.32. The van der Waals surface area contributed by atoms with E-state index < -0.39 is 0 Å². The molecular formula is C11H15BrClN. The van der Waals surface area contributed by atoms with E-state index in [0.717, 1.165) is 28.1 Å². The first-order valence-electron chi connectivity index (χ1n) is 4.88. The van der Waals surface area contributed by atoms with Gasteiger partial charge in [0.1, 0.15) is 0 Å². The molecule has 0 saturated carbocycles. The molecule has 0 fully saturated rings. The average molecular weight is 277 g/mol. The number of hydrogen-bond donors (Lipinski definition) is 1. The van der Waals surface area contributed by atoms with Crippen molar-refractivity contribution in [2.45, 2.75) is 26.3 Å². The molecule has 1 aromatic rings. The smallest absolute Gasteiger partial charge is 0.0451 e. The Balaban J connectivity index is 2.45. The summed E-state index contributed by atoms with van der Waals surface area (Å²) in [5, 5.41) is 4.20. The lowest BCUT2D eigenvalue weighted by molar-refractivity contribution is 0.641. The molecule has 0 heterocycles. The maximum absolute atomic E-state index is 6.05. The van der Waals surface area contributed by atoms with Gasteiger partial charge < -0.3 is 5.32 Å². The Morgan fingerprint density at radius 3 is 2.93 bits per heavy atom. The fraction of sp³-hybridized carbons (Fsp3) is 0.455. The standard InChI is InChI=1S/C11H15BrClN/c1-2-3-6-14-8-9-7-10(12)4-5-11(9)13/h4-5,7,14H,2-3,6,8H2,1H3. The number of halogens is 2. The van der Waals surface area contributed by atoms with Crippen molar-refractivity contribution >= 4 is 27.5 Å². The van der Waals surface area contributed by atoms with Gasteiger partial charge in [0.2, 0.25) is 0 Å². The van der Waals surface area contributed by atoms with E-state index in [4.69, 9.17) is 11.6 Å². The monoisotopic (exact) mass is 275 g/mol. The normalized spacial score (nSPS) is 10.5. The predicted octanol–water partition coefficient (Wildman–Crippen LogP) is 3.99. The highest BCUT2D eigenvalue weighted by atomic mass is 79.9. The fourth-order valence-electron chi connectivity index (χ4n) is 1.20. The molecule has 0 aliphatic heterocycles. The Morgan fingerprint density at radius 1 is 1.43 bits per heavy atom. The van der Waals surface area contributed by atoms with Crippen LogP contribution >= 0.6 is 27.5 Å². The van der Waals surface area contributed by atoms with Crippen LogP contribution < -0.4 is 5.32 Å². The Labute approximate surface area is 99.0 Å². The quantitative estimate of drug-likeness (QED) is 0.802. The van der Waals surface area contributed by atoms with Gasteiger partial charge in [0.15, 0.2) is 0 Å². The molecule has 3 heteroatoms. The van der Waals surface area contributed by atoms with Crippen LogP contribution in [0.3, 0.4) is 0 Å². The highest BCUT2D eigenvalue weighted by molar-refractivity contribution is 9.10.